The number of hydrogen-bond acceptors (Lipinski definition) is 6. The monoisotopic (exact) mass is 479 g/mol. The van der Waals surface area contributed by atoms with Gasteiger partial charge in [-0.05, 0) is 44.4 Å². The van der Waals surface area contributed by atoms with Gasteiger partial charge in [-0.2, -0.15) is 0 Å². The van der Waals surface area contributed by atoms with Gasteiger partial charge in [0.15, 0.2) is 5.16 Å². The number of carbonyl (C=O) groups is 1. The Kier molecular flexibility index (Phi) is 8.54. The molecule has 2 aromatic heterocycles. The minimum absolute atomic E-state index is 0.0534. The lowest BCUT2D eigenvalue weighted by molar-refractivity contribution is -0.118. The Balaban J connectivity index is 1.75. The van der Waals surface area contributed by atoms with Crippen molar-refractivity contribution >= 4 is 50.8 Å². The first kappa shape index (κ1) is 23.8. The molecule has 31 heavy (non-hydrogen) atoms. The van der Waals surface area contributed by atoms with Crippen LogP contribution in [0, 0.1) is 13.8 Å². The summed E-state index contributed by atoms with van der Waals surface area (Å²) in [5, 5.41) is 4.73. The third-order valence-corrected chi connectivity index (χ3v) is 7.34. The Labute approximate surface area is 195 Å². The Morgan fingerprint density at radius 1 is 1.32 bits per heavy atom. The Hall–Kier alpha value is -1.87. The molecule has 0 fully saturated rings. The number of aryl methyl sites for hydroxylation is 2. The van der Waals surface area contributed by atoms with Crippen molar-refractivity contribution < 1.29 is 9.53 Å². The summed E-state index contributed by atoms with van der Waals surface area (Å²) >= 11 is 8.93. The van der Waals surface area contributed by atoms with Gasteiger partial charge in [0.25, 0.3) is 5.56 Å². The second-order valence-corrected chi connectivity index (χ2v) is 9.57. The van der Waals surface area contributed by atoms with Crippen molar-refractivity contribution in [1.29, 1.82) is 0 Å². The minimum Gasteiger partial charge on any atom is -0.382 e. The van der Waals surface area contributed by atoms with Gasteiger partial charge in [-0.25, -0.2) is 4.98 Å². The summed E-state index contributed by atoms with van der Waals surface area (Å²) in [5.74, 6) is 0.0238. The number of thiophene rings is 1. The second kappa shape index (κ2) is 11.1. The van der Waals surface area contributed by atoms with Gasteiger partial charge in [0, 0.05) is 36.2 Å². The molecule has 0 radical (unpaired) electrons. The lowest BCUT2D eigenvalue weighted by Crippen LogP contribution is -2.27. The Morgan fingerprint density at radius 2 is 2.10 bits per heavy atom. The summed E-state index contributed by atoms with van der Waals surface area (Å²) in [4.78, 5) is 32.1. The van der Waals surface area contributed by atoms with E-state index in [9.17, 15) is 9.59 Å². The summed E-state index contributed by atoms with van der Waals surface area (Å²) in [6, 6.07) is 7.41. The van der Waals surface area contributed by atoms with Crippen molar-refractivity contribution in [1.82, 2.24) is 14.9 Å². The molecule has 0 bridgehead atoms. The van der Waals surface area contributed by atoms with E-state index in [2.05, 4.69) is 5.32 Å². The zero-order valence-electron chi connectivity index (χ0n) is 17.9. The van der Waals surface area contributed by atoms with Crippen LogP contribution in [0.15, 0.2) is 34.2 Å². The third-order valence-electron chi connectivity index (χ3n) is 4.89. The van der Waals surface area contributed by atoms with Crippen molar-refractivity contribution in [3.05, 3.63) is 55.6 Å². The highest BCUT2D eigenvalue weighted by atomic mass is 35.5. The summed E-state index contributed by atoms with van der Waals surface area (Å²) in [6.45, 7) is 7.97. The van der Waals surface area contributed by atoms with E-state index in [4.69, 9.17) is 21.3 Å². The van der Waals surface area contributed by atoms with Crippen molar-refractivity contribution in [2.24, 2.45) is 0 Å². The van der Waals surface area contributed by atoms with E-state index in [0.717, 1.165) is 20.8 Å². The number of amides is 1. The van der Waals surface area contributed by atoms with E-state index in [1.54, 1.807) is 10.6 Å². The summed E-state index contributed by atoms with van der Waals surface area (Å²) < 4.78 is 7.09. The quantitative estimate of drug-likeness (QED) is 0.262. The molecule has 0 saturated heterocycles. The molecule has 1 amide bonds. The molecule has 6 nitrogen and oxygen atoms in total. The van der Waals surface area contributed by atoms with Crippen LogP contribution in [0.3, 0.4) is 0 Å². The Morgan fingerprint density at radius 3 is 2.84 bits per heavy atom. The number of benzene rings is 1. The average molecular weight is 480 g/mol. The molecule has 3 aromatic rings. The highest BCUT2D eigenvalue weighted by molar-refractivity contribution is 7.99. The van der Waals surface area contributed by atoms with E-state index in [1.807, 2.05) is 39.0 Å². The van der Waals surface area contributed by atoms with E-state index in [0.29, 0.717) is 48.3 Å². The number of fused-ring (bicyclic) bond motifs is 1. The number of nitrogens with one attached hydrogen (secondary N) is 1. The van der Waals surface area contributed by atoms with Crippen LogP contribution in [-0.4, -0.2) is 34.4 Å². The molecule has 0 aliphatic rings. The highest BCUT2D eigenvalue weighted by Gasteiger charge is 2.17. The molecule has 1 aromatic carbocycles. The molecule has 0 aliphatic heterocycles. The van der Waals surface area contributed by atoms with Crippen LogP contribution in [-0.2, 0) is 22.6 Å². The van der Waals surface area contributed by atoms with Crippen LogP contribution in [0.5, 0.6) is 0 Å². The van der Waals surface area contributed by atoms with Crippen LogP contribution in [0.4, 0.5) is 0 Å². The van der Waals surface area contributed by atoms with Gasteiger partial charge in [-0.3, -0.25) is 14.2 Å². The molecule has 2 heterocycles. The molecule has 0 spiro atoms. The fourth-order valence-electron chi connectivity index (χ4n) is 3.10. The van der Waals surface area contributed by atoms with E-state index in [-0.39, 0.29) is 17.2 Å². The molecule has 0 unspecified atom stereocenters. The molecule has 3 rings (SSSR count). The second-order valence-electron chi connectivity index (χ2n) is 7.02. The predicted molar refractivity (Wildman–Crippen MR) is 128 cm³/mol. The zero-order valence-corrected chi connectivity index (χ0v) is 20.3. The van der Waals surface area contributed by atoms with Crippen molar-refractivity contribution in [3.8, 4) is 0 Å². The standard InChI is InChI=1S/C22H26ClN3O3S2/c1-4-29-11-7-10-26-21(28)19-14(2)15(3)31-20(19)25-22(26)30-13-18(27)24-12-16-8-5-6-9-17(16)23/h5-6,8-9H,4,7,10-13H2,1-3H3,(H,24,27). The fourth-order valence-corrected chi connectivity index (χ4v) is 5.23. The van der Waals surface area contributed by atoms with Crippen LogP contribution in [0.2, 0.25) is 5.02 Å². The lowest BCUT2D eigenvalue weighted by Gasteiger charge is -2.12. The number of nitrogens with zero attached hydrogens (tertiary/aromatic N) is 2. The minimum atomic E-state index is -0.140. The highest BCUT2D eigenvalue weighted by Crippen LogP contribution is 2.28. The summed E-state index contributed by atoms with van der Waals surface area (Å²) in [5.41, 5.74) is 1.78. The number of ether oxygens (including phenoxy) is 1. The van der Waals surface area contributed by atoms with E-state index < -0.39 is 0 Å². The first-order valence-electron chi connectivity index (χ1n) is 10.1. The third kappa shape index (κ3) is 5.88. The molecule has 166 valence electrons. The normalized spacial score (nSPS) is 11.2. The molecule has 0 aliphatic carbocycles. The zero-order chi connectivity index (χ0) is 22.4. The number of carbonyl (C=O) groups excluding carboxylic acids is 1. The van der Waals surface area contributed by atoms with Crippen molar-refractivity contribution in [3.63, 3.8) is 0 Å². The number of hydrogen-bond donors (Lipinski definition) is 1. The van der Waals surface area contributed by atoms with Gasteiger partial charge < -0.3 is 10.1 Å². The van der Waals surface area contributed by atoms with Crippen LogP contribution < -0.4 is 10.9 Å². The SMILES string of the molecule is CCOCCCn1c(SCC(=O)NCc2ccccc2Cl)nc2sc(C)c(C)c2c1=O. The topological polar surface area (TPSA) is 73.2 Å². The molecule has 0 saturated carbocycles. The van der Waals surface area contributed by atoms with Gasteiger partial charge in [-0.1, -0.05) is 41.6 Å². The largest absolute Gasteiger partial charge is 0.382 e. The number of aromatic nitrogens is 2. The molecule has 0 atom stereocenters. The maximum Gasteiger partial charge on any atom is 0.263 e. The summed E-state index contributed by atoms with van der Waals surface area (Å²) in [6.07, 6.45) is 0.704. The lowest BCUT2D eigenvalue weighted by atomic mass is 10.2. The Bertz CT molecular complexity index is 1130. The fraction of sp³-hybridized carbons (Fsp3) is 0.409. The molecular formula is C22H26ClN3O3S2. The van der Waals surface area contributed by atoms with Gasteiger partial charge in [-0.15, -0.1) is 11.3 Å². The van der Waals surface area contributed by atoms with Gasteiger partial charge in [0.2, 0.25) is 5.91 Å². The summed E-state index contributed by atoms with van der Waals surface area (Å²) in [7, 11) is 0. The van der Waals surface area contributed by atoms with Gasteiger partial charge in [0.1, 0.15) is 4.83 Å². The molecule has 9 heteroatoms. The van der Waals surface area contributed by atoms with Gasteiger partial charge in [0.05, 0.1) is 11.1 Å². The van der Waals surface area contributed by atoms with Crippen molar-refractivity contribution in [2.75, 3.05) is 19.0 Å². The van der Waals surface area contributed by atoms with E-state index >= 15 is 0 Å². The van der Waals surface area contributed by atoms with E-state index in [1.165, 1.54) is 23.1 Å². The first-order valence-corrected chi connectivity index (χ1v) is 12.3. The number of halogens is 1. The predicted octanol–water partition coefficient (Wildman–Crippen LogP) is 4.56. The number of thioether (sulfide) groups is 1. The van der Waals surface area contributed by atoms with Crippen LogP contribution >= 0.6 is 34.7 Å². The molecular weight excluding hydrogens is 454 g/mol. The first-order chi connectivity index (χ1) is 14.9. The smallest absolute Gasteiger partial charge is 0.263 e. The maximum atomic E-state index is 13.2. The van der Waals surface area contributed by atoms with Crippen LogP contribution in [0.1, 0.15) is 29.3 Å². The van der Waals surface area contributed by atoms with Gasteiger partial charge >= 0.3 is 0 Å². The van der Waals surface area contributed by atoms with Crippen LogP contribution in [0.25, 0.3) is 10.2 Å². The maximum absolute atomic E-state index is 13.2. The average Bonchev–Trinajstić information content (AvgIpc) is 3.04. The number of rotatable bonds is 10. The van der Waals surface area contributed by atoms with Crippen molar-refractivity contribution in [2.45, 2.75) is 45.4 Å². The molecule has 1 N–H and O–H groups in total.